The number of sulfonamides is 1. The van der Waals surface area contributed by atoms with Crippen molar-refractivity contribution in [2.45, 2.75) is 11.4 Å². The highest BCUT2D eigenvalue weighted by molar-refractivity contribution is 7.89. The number of pyridine rings is 1. The summed E-state index contributed by atoms with van der Waals surface area (Å²) in [6.07, 6.45) is 5.25. The maximum atomic E-state index is 12.6. The second kappa shape index (κ2) is 5.39. The summed E-state index contributed by atoms with van der Waals surface area (Å²) in [5, 5.41) is 8.28. The molecule has 0 aliphatic carbocycles. The van der Waals surface area contributed by atoms with Crippen molar-refractivity contribution < 1.29 is 8.42 Å². The minimum Gasteiger partial charge on any atom is -0.306 e. The second-order valence-electron chi connectivity index (χ2n) is 5.40. The van der Waals surface area contributed by atoms with Crippen molar-refractivity contribution in [3.8, 4) is 0 Å². The van der Waals surface area contributed by atoms with E-state index in [0.717, 1.165) is 11.1 Å². The van der Waals surface area contributed by atoms with E-state index in [0.29, 0.717) is 11.0 Å². The highest BCUT2D eigenvalue weighted by Gasteiger charge is 2.19. The van der Waals surface area contributed by atoms with Crippen LogP contribution in [0.15, 0.2) is 53.9 Å². The van der Waals surface area contributed by atoms with Crippen LogP contribution in [-0.2, 0) is 23.6 Å². The minimum atomic E-state index is -3.70. The van der Waals surface area contributed by atoms with Crippen LogP contribution in [0.1, 0.15) is 5.56 Å². The Bertz CT molecular complexity index is 1150. The van der Waals surface area contributed by atoms with Crippen molar-refractivity contribution in [1.29, 1.82) is 0 Å². The number of nitrogens with zero attached hydrogens (tertiary/aromatic N) is 5. The third kappa shape index (κ3) is 2.53. The van der Waals surface area contributed by atoms with Crippen molar-refractivity contribution in [3.05, 3.63) is 54.6 Å². The molecular weight excluding hydrogens is 328 g/mol. The molecule has 0 amide bonds. The zero-order valence-corrected chi connectivity index (χ0v) is 13.6. The Morgan fingerprint density at radius 3 is 2.92 bits per heavy atom. The predicted octanol–water partition coefficient (Wildman–Crippen LogP) is 1.09. The van der Waals surface area contributed by atoms with E-state index in [2.05, 4.69) is 19.9 Å². The van der Waals surface area contributed by atoms with Crippen molar-refractivity contribution in [1.82, 2.24) is 29.1 Å². The molecule has 0 aliphatic heterocycles. The molecule has 0 saturated heterocycles. The largest absolute Gasteiger partial charge is 0.306 e. The van der Waals surface area contributed by atoms with E-state index in [1.165, 1.54) is 10.9 Å². The van der Waals surface area contributed by atoms with Crippen LogP contribution < -0.4 is 4.72 Å². The van der Waals surface area contributed by atoms with Crippen LogP contribution in [0.25, 0.3) is 16.6 Å². The summed E-state index contributed by atoms with van der Waals surface area (Å²) in [7, 11) is -2.05. The molecule has 0 bridgehead atoms. The molecule has 8 nitrogen and oxygen atoms in total. The van der Waals surface area contributed by atoms with Gasteiger partial charge in [-0.25, -0.2) is 18.1 Å². The average Bonchev–Trinajstić information content (AvgIpc) is 3.16. The zero-order chi connectivity index (χ0) is 16.7. The van der Waals surface area contributed by atoms with E-state index in [1.54, 1.807) is 31.7 Å². The molecule has 4 rings (SSSR count). The van der Waals surface area contributed by atoms with Gasteiger partial charge in [0.15, 0.2) is 0 Å². The first-order valence-electron chi connectivity index (χ1n) is 7.23. The van der Waals surface area contributed by atoms with Crippen molar-refractivity contribution in [2.24, 2.45) is 7.05 Å². The Morgan fingerprint density at radius 2 is 2.04 bits per heavy atom. The lowest BCUT2D eigenvalue weighted by Crippen LogP contribution is -2.23. The van der Waals surface area contributed by atoms with Gasteiger partial charge in [0.05, 0.1) is 18.0 Å². The number of aromatic nitrogens is 5. The number of fused-ring (bicyclic) bond motifs is 2. The number of rotatable bonds is 4. The fourth-order valence-corrected chi connectivity index (χ4v) is 3.73. The summed E-state index contributed by atoms with van der Waals surface area (Å²) in [5.74, 6) is 0. The van der Waals surface area contributed by atoms with Gasteiger partial charge in [0.25, 0.3) is 0 Å². The summed E-state index contributed by atoms with van der Waals surface area (Å²) in [5.41, 5.74) is 2.68. The van der Waals surface area contributed by atoms with Crippen LogP contribution in [0, 0.1) is 0 Å². The topological polar surface area (TPSA) is 94.2 Å². The second-order valence-corrected chi connectivity index (χ2v) is 7.14. The minimum absolute atomic E-state index is 0.122. The van der Waals surface area contributed by atoms with Crippen LogP contribution in [-0.4, -0.2) is 32.8 Å². The summed E-state index contributed by atoms with van der Waals surface area (Å²) < 4.78 is 29.7. The van der Waals surface area contributed by atoms with Crippen LogP contribution in [0.4, 0.5) is 0 Å². The number of nitrogens with one attached hydrogen (secondary N) is 1. The number of imidazole rings is 1. The quantitative estimate of drug-likeness (QED) is 0.599. The molecule has 0 saturated carbocycles. The molecule has 4 aromatic rings. The lowest BCUT2D eigenvalue weighted by molar-refractivity contribution is 0.581. The molecule has 0 fully saturated rings. The van der Waals surface area contributed by atoms with Gasteiger partial charge < -0.3 is 4.40 Å². The van der Waals surface area contributed by atoms with E-state index in [9.17, 15) is 8.42 Å². The zero-order valence-electron chi connectivity index (χ0n) is 12.8. The Labute approximate surface area is 137 Å². The number of hydrogen-bond donors (Lipinski definition) is 1. The smallest absolute Gasteiger partial charge is 0.243 e. The van der Waals surface area contributed by atoms with Gasteiger partial charge in [0, 0.05) is 19.8 Å². The van der Waals surface area contributed by atoms with Gasteiger partial charge in [0.1, 0.15) is 15.9 Å². The molecule has 1 N–H and O–H groups in total. The molecule has 1 aromatic carbocycles. The van der Waals surface area contributed by atoms with E-state index in [-0.39, 0.29) is 11.4 Å². The number of aryl methyl sites for hydroxylation is 1. The van der Waals surface area contributed by atoms with E-state index in [1.807, 2.05) is 22.7 Å². The molecule has 24 heavy (non-hydrogen) atoms. The fraction of sp³-hybridized carbons (Fsp3) is 0.133. The first-order chi connectivity index (χ1) is 11.5. The summed E-state index contributed by atoms with van der Waals surface area (Å²) in [6, 6.07) is 8.66. The van der Waals surface area contributed by atoms with Crippen molar-refractivity contribution in [2.75, 3.05) is 0 Å². The maximum absolute atomic E-state index is 12.6. The molecule has 0 unspecified atom stereocenters. The van der Waals surface area contributed by atoms with Gasteiger partial charge in [-0.2, -0.15) is 15.0 Å². The van der Waals surface area contributed by atoms with E-state index >= 15 is 0 Å². The Hall–Kier alpha value is -2.78. The highest BCUT2D eigenvalue weighted by Crippen LogP contribution is 2.19. The van der Waals surface area contributed by atoms with Gasteiger partial charge in [0.2, 0.25) is 10.0 Å². The molecule has 122 valence electrons. The molecule has 9 heteroatoms. The lowest BCUT2D eigenvalue weighted by Gasteiger charge is -2.07. The van der Waals surface area contributed by atoms with Crippen LogP contribution in [0.5, 0.6) is 0 Å². The van der Waals surface area contributed by atoms with E-state index < -0.39 is 10.0 Å². The number of hydrogen-bond acceptors (Lipinski definition) is 5. The van der Waals surface area contributed by atoms with Crippen LogP contribution in [0.3, 0.4) is 0 Å². The average molecular weight is 342 g/mol. The van der Waals surface area contributed by atoms with Gasteiger partial charge >= 0.3 is 0 Å². The first kappa shape index (κ1) is 14.8. The summed E-state index contributed by atoms with van der Waals surface area (Å²) >= 11 is 0. The molecule has 0 radical (unpaired) electrons. The monoisotopic (exact) mass is 342 g/mol. The lowest BCUT2D eigenvalue weighted by atomic mass is 10.3. The van der Waals surface area contributed by atoms with Gasteiger partial charge in [-0.1, -0.05) is 12.1 Å². The molecule has 3 aromatic heterocycles. The molecule has 0 aliphatic rings. The predicted molar refractivity (Wildman–Crippen MR) is 87.7 cm³/mol. The van der Waals surface area contributed by atoms with Crippen LogP contribution in [0.2, 0.25) is 0 Å². The molecular formula is C15H14N6O2S. The standard InChI is InChI=1S/C15H14N6O2S/c1-20-18-13-3-2-4-14(15(13)19-20)24(22,23)17-7-11-5-6-12-8-16-10-21(12)9-11/h2-6,8-10,17H,7H2,1H3. The van der Waals surface area contributed by atoms with Crippen LogP contribution >= 0.6 is 0 Å². The Kier molecular flexibility index (Phi) is 3.32. The van der Waals surface area contributed by atoms with Gasteiger partial charge in [-0.05, 0) is 23.8 Å². The third-order valence-corrected chi connectivity index (χ3v) is 5.13. The summed E-state index contributed by atoms with van der Waals surface area (Å²) in [4.78, 5) is 5.52. The molecule has 0 spiro atoms. The normalized spacial score (nSPS) is 12.2. The molecule has 3 heterocycles. The summed E-state index contributed by atoms with van der Waals surface area (Å²) in [6.45, 7) is 0.174. The highest BCUT2D eigenvalue weighted by atomic mass is 32.2. The van der Waals surface area contributed by atoms with Gasteiger partial charge in [-0.3, -0.25) is 0 Å². The van der Waals surface area contributed by atoms with E-state index in [4.69, 9.17) is 0 Å². The maximum Gasteiger partial charge on any atom is 0.243 e. The van der Waals surface area contributed by atoms with Crippen molar-refractivity contribution in [3.63, 3.8) is 0 Å². The SMILES string of the molecule is Cn1nc2cccc(S(=O)(=O)NCc3ccc4cncn4c3)c2n1. The fourth-order valence-electron chi connectivity index (χ4n) is 2.56. The number of benzene rings is 1. The molecule has 0 atom stereocenters. The Morgan fingerprint density at radius 1 is 1.17 bits per heavy atom. The third-order valence-electron chi connectivity index (χ3n) is 3.70. The Balaban J connectivity index is 1.64. The van der Waals surface area contributed by atoms with Crippen molar-refractivity contribution >= 4 is 26.6 Å². The first-order valence-corrected chi connectivity index (χ1v) is 8.71. The van der Waals surface area contributed by atoms with Gasteiger partial charge in [-0.15, -0.1) is 0 Å².